The van der Waals surface area contributed by atoms with Crippen molar-refractivity contribution in [1.29, 1.82) is 0 Å². The van der Waals surface area contributed by atoms with E-state index in [0.29, 0.717) is 13.1 Å². The smallest absolute Gasteiger partial charge is 0.253 e. The van der Waals surface area contributed by atoms with E-state index in [2.05, 4.69) is 53.7 Å². The van der Waals surface area contributed by atoms with Gasteiger partial charge in [-0.15, -0.1) is 24.0 Å². The number of benzene rings is 2. The first-order valence-corrected chi connectivity index (χ1v) is 10.0. The van der Waals surface area contributed by atoms with Crippen LogP contribution in [0.5, 0.6) is 0 Å². The lowest BCUT2D eigenvalue weighted by Gasteiger charge is -2.18. The normalized spacial score (nSPS) is 10.8. The van der Waals surface area contributed by atoms with Crippen molar-refractivity contribution in [3.05, 3.63) is 70.8 Å². The van der Waals surface area contributed by atoms with Crippen LogP contribution in [0.1, 0.15) is 47.8 Å². The number of halogens is 1. The number of rotatable bonds is 8. The first-order valence-electron chi connectivity index (χ1n) is 10.0. The van der Waals surface area contributed by atoms with E-state index < -0.39 is 0 Å². The van der Waals surface area contributed by atoms with E-state index in [0.717, 1.165) is 36.7 Å². The Morgan fingerprint density at radius 3 is 2.24 bits per heavy atom. The summed E-state index contributed by atoms with van der Waals surface area (Å²) in [5.74, 6) is 0.866. The summed E-state index contributed by atoms with van der Waals surface area (Å²) in [4.78, 5) is 18.9. The number of nitrogens with zero attached hydrogens (tertiary/aromatic N) is 2. The van der Waals surface area contributed by atoms with Crippen LogP contribution in [-0.4, -0.2) is 36.4 Å². The molecule has 0 unspecified atom stereocenters. The fraction of sp³-hybridized carbons (Fsp3) is 0.391. The lowest BCUT2D eigenvalue weighted by atomic mass is 10.1. The van der Waals surface area contributed by atoms with Crippen molar-refractivity contribution in [2.75, 3.05) is 19.6 Å². The summed E-state index contributed by atoms with van der Waals surface area (Å²) < 4.78 is 0. The van der Waals surface area contributed by atoms with Crippen molar-refractivity contribution in [2.45, 2.75) is 40.8 Å². The van der Waals surface area contributed by atoms with Gasteiger partial charge in [0.05, 0.1) is 6.54 Å². The molecule has 0 aliphatic heterocycles. The number of amides is 1. The third-order valence-corrected chi connectivity index (χ3v) is 4.56. The number of hydrogen-bond donors (Lipinski definition) is 2. The highest BCUT2D eigenvalue weighted by atomic mass is 127. The van der Waals surface area contributed by atoms with Crippen LogP contribution in [0.4, 0.5) is 0 Å². The zero-order chi connectivity index (χ0) is 20.4. The molecule has 2 aromatic rings. The number of carbonyl (C=O) groups is 1. The molecule has 5 nitrogen and oxygen atoms in total. The first kappa shape index (κ1) is 24.9. The average Bonchev–Trinajstić information content (AvgIpc) is 2.71. The molecule has 158 valence electrons. The maximum Gasteiger partial charge on any atom is 0.253 e. The highest BCUT2D eigenvalue weighted by Gasteiger charge is 2.11. The fourth-order valence-corrected chi connectivity index (χ4v) is 2.97. The largest absolute Gasteiger partial charge is 0.357 e. The van der Waals surface area contributed by atoms with Crippen molar-refractivity contribution < 1.29 is 4.79 Å². The standard InChI is InChI=1S/C23H32N4O.HI/c1-5-24-23(26-17-20-10-8-9-18(4)15-20)25-16-19-11-13-21(14-12-19)22(28)27(6-2)7-3;/h8-15H,5-7,16-17H2,1-4H3,(H2,24,25,26);1H. The van der Waals surface area contributed by atoms with Crippen molar-refractivity contribution in [1.82, 2.24) is 15.5 Å². The number of carbonyl (C=O) groups excluding carboxylic acids is 1. The van der Waals surface area contributed by atoms with Gasteiger partial charge < -0.3 is 15.5 Å². The van der Waals surface area contributed by atoms with Crippen molar-refractivity contribution in [3.8, 4) is 0 Å². The number of hydrogen-bond acceptors (Lipinski definition) is 2. The van der Waals surface area contributed by atoms with Gasteiger partial charge in [0.1, 0.15) is 0 Å². The second-order valence-electron chi connectivity index (χ2n) is 6.71. The van der Waals surface area contributed by atoms with Crippen molar-refractivity contribution >= 4 is 35.8 Å². The van der Waals surface area contributed by atoms with E-state index in [-0.39, 0.29) is 29.9 Å². The molecule has 0 aromatic heterocycles. The van der Waals surface area contributed by atoms with Gasteiger partial charge in [-0.05, 0) is 51.0 Å². The molecule has 0 fully saturated rings. The Kier molecular flexibility index (Phi) is 11.3. The molecule has 0 aliphatic carbocycles. The van der Waals surface area contributed by atoms with Crippen LogP contribution in [0.25, 0.3) is 0 Å². The molecule has 2 N–H and O–H groups in total. The Bertz CT molecular complexity index is 786. The van der Waals surface area contributed by atoms with Gasteiger partial charge in [-0.1, -0.05) is 42.0 Å². The Morgan fingerprint density at radius 2 is 1.66 bits per heavy atom. The highest BCUT2D eigenvalue weighted by molar-refractivity contribution is 14.0. The Balaban J connectivity index is 0.00000420. The second kappa shape index (κ2) is 13.2. The minimum atomic E-state index is 0. The van der Waals surface area contributed by atoms with E-state index in [1.54, 1.807) is 0 Å². The number of guanidine groups is 1. The number of nitrogens with one attached hydrogen (secondary N) is 2. The predicted octanol–water partition coefficient (Wildman–Crippen LogP) is 4.35. The summed E-state index contributed by atoms with van der Waals surface area (Å²) in [7, 11) is 0. The molecule has 0 saturated carbocycles. The van der Waals surface area contributed by atoms with Gasteiger partial charge in [-0.3, -0.25) is 4.79 Å². The van der Waals surface area contributed by atoms with Crippen LogP contribution in [0.2, 0.25) is 0 Å². The molecule has 0 heterocycles. The minimum Gasteiger partial charge on any atom is -0.357 e. The van der Waals surface area contributed by atoms with Crippen molar-refractivity contribution in [2.24, 2.45) is 4.99 Å². The molecule has 0 saturated heterocycles. The Labute approximate surface area is 192 Å². The van der Waals surface area contributed by atoms with E-state index in [1.165, 1.54) is 11.1 Å². The zero-order valence-corrected chi connectivity index (χ0v) is 20.2. The summed E-state index contributed by atoms with van der Waals surface area (Å²) >= 11 is 0. The summed E-state index contributed by atoms with van der Waals surface area (Å²) in [5, 5.41) is 6.63. The van der Waals surface area contributed by atoms with Crippen LogP contribution >= 0.6 is 24.0 Å². The lowest BCUT2D eigenvalue weighted by molar-refractivity contribution is 0.0773. The summed E-state index contributed by atoms with van der Waals surface area (Å²) in [6, 6.07) is 16.2. The average molecular weight is 508 g/mol. The molecule has 6 heteroatoms. The van der Waals surface area contributed by atoms with Gasteiger partial charge >= 0.3 is 0 Å². The van der Waals surface area contributed by atoms with E-state index in [4.69, 9.17) is 0 Å². The molecular weight excluding hydrogens is 475 g/mol. The molecule has 0 spiro atoms. The van der Waals surface area contributed by atoms with Gasteiger partial charge in [0, 0.05) is 31.7 Å². The van der Waals surface area contributed by atoms with E-state index in [1.807, 2.05) is 43.0 Å². The van der Waals surface area contributed by atoms with Gasteiger partial charge in [-0.25, -0.2) is 4.99 Å². The maximum atomic E-state index is 12.4. The molecular formula is C23H33IN4O. The molecule has 0 radical (unpaired) electrons. The molecule has 2 rings (SSSR count). The molecule has 0 bridgehead atoms. The van der Waals surface area contributed by atoms with Crippen LogP contribution in [0.15, 0.2) is 53.5 Å². The Hall–Kier alpha value is -2.09. The lowest BCUT2D eigenvalue weighted by Crippen LogP contribution is -2.36. The Morgan fingerprint density at radius 1 is 0.966 bits per heavy atom. The summed E-state index contributed by atoms with van der Waals surface area (Å²) in [6.07, 6.45) is 0. The number of aryl methyl sites for hydroxylation is 1. The van der Waals surface area contributed by atoms with Gasteiger partial charge in [-0.2, -0.15) is 0 Å². The second-order valence-corrected chi connectivity index (χ2v) is 6.71. The van der Waals surface area contributed by atoms with Crippen molar-refractivity contribution in [3.63, 3.8) is 0 Å². The van der Waals surface area contributed by atoms with Crippen LogP contribution in [0.3, 0.4) is 0 Å². The maximum absolute atomic E-state index is 12.4. The van der Waals surface area contributed by atoms with E-state index >= 15 is 0 Å². The quantitative estimate of drug-likeness (QED) is 0.317. The molecule has 0 atom stereocenters. The zero-order valence-electron chi connectivity index (χ0n) is 17.9. The first-order chi connectivity index (χ1) is 13.6. The minimum absolute atomic E-state index is 0. The van der Waals surface area contributed by atoms with Crippen LogP contribution < -0.4 is 10.6 Å². The molecule has 29 heavy (non-hydrogen) atoms. The van der Waals surface area contributed by atoms with Crippen LogP contribution in [-0.2, 0) is 13.1 Å². The van der Waals surface area contributed by atoms with Crippen LogP contribution in [0, 0.1) is 6.92 Å². The monoisotopic (exact) mass is 508 g/mol. The third-order valence-electron chi connectivity index (χ3n) is 4.56. The number of aliphatic imine (C=N–C) groups is 1. The van der Waals surface area contributed by atoms with E-state index in [9.17, 15) is 4.79 Å². The SMILES string of the molecule is CCNC(=NCc1cccc(C)c1)NCc1ccc(C(=O)N(CC)CC)cc1.I. The predicted molar refractivity (Wildman–Crippen MR) is 132 cm³/mol. The molecule has 2 aromatic carbocycles. The summed E-state index contributed by atoms with van der Waals surface area (Å²) in [6.45, 7) is 11.7. The highest BCUT2D eigenvalue weighted by Crippen LogP contribution is 2.08. The summed E-state index contributed by atoms with van der Waals surface area (Å²) in [5.41, 5.74) is 4.27. The van der Waals surface area contributed by atoms with Gasteiger partial charge in [0.15, 0.2) is 5.96 Å². The third kappa shape index (κ3) is 8.04. The van der Waals surface area contributed by atoms with Gasteiger partial charge in [0.25, 0.3) is 5.91 Å². The molecule has 1 amide bonds. The fourth-order valence-electron chi connectivity index (χ4n) is 2.97. The van der Waals surface area contributed by atoms with Gasteiger partial charge in [0.2, 0.25) is 0 Å². The molecule has 0 aliphatic rings. The topological polar surface area (TPSA) is 56.7 Å².